The lowest BCUT2D eigenvalue weighted by Crippen LogP contribution is -2.18. The lowest BCUT2D eigenvalue weighted by Gasteiger charge is -2.16. The Morgan fingerprint density at radius 3 is 2.79 bits per heavy atom. The van der Waals surface area contributed by atoms with Gasteiger partial charge in [0.1, 0.15) is 10.8 Å². The fraction of sp³-hybridized carbons (Fsp3) is 0.333. The van der Waals surface area contributed by atoms with Gasteiger partial charge in [0.2, 0.25) is 10.8 Å². The number of carbonyl (C=O) groups is 1. The van der Waals surface area contributed by atoms with E-state index in [1.54, 1.807) is 6.92 Å². The van der Waals surface area contributed by atoms with E-state index in [9.17, 15) is 18.1 Å². The van der Waals surface area contributed by atoms with Gasteiger partial charge in [-0.25, -0.2) is 4.68 Å². The zero-order valence-electron chi connectivity index (χ0n) is 12.5. The van der Waals surface area contributed by atoms with Crippen molar-refractivity contribution >= 4 is 34.6 Å². The Kier molecular flexibility index (Phi) is 5.91. The number of nitrogens with zero attached hydrogens (tertiary/aromatic N) is 4. The molecular weight excluding hydrogens is 368 g/mol. The molecule has 0 aliphatic rings. The minimum Gasteiger partial charge on any atom is -0.611 e. The Morgan fingerprint density at radius 1 is 1.54 bits per heavy atom. The number of hydrogen-bond acceptors (Lipinski definition) is 6. The summed E-state index contributed by atoms with van der Waals surface area (Å²) in [5, 5.41) is 12.7. The first-order valence-corrected chi connectivity index (χ1v) is 8.24. The van der Waals surface area contributed by atoms with Crippen molar-refractivity contribution in [1.29, 1.82) is 0 Å². The number of aromatic nitrogens is 4. The predicted octanol–water partition coefficient (Wildman–Crippen LogP) is 1.84. The largest absolute Gasteiger partial charge is 0.611 e. The van der Waals surface area contributed by atoms with Crippen LogP contribution in [0.2, 0.25) is 5.02 Å². The van der Waals surface area contributed by atoms with Gasteiger partial charge < -0.3 is 9.29 Å². The molecule has 8 nitrogen and oxygen atoms in total. The molecule has 1 amide bonds. The zero-order valence-corrected chi connectivity index (χ0v) is 14.1. The second-order valence-corrected chi connectivity index (χ2v) is 6.40. The highest BCUT2D eigenvalue weighted by Gasteiger charge is 2.27. The van der Waals surface area contributed by atoms with Crippen molar-refractivity contribution in [3.63, 3.8) is 0 Å². The molecule has 1 unspecified atom stereocenters. The summed E-state index contributed by atoms with van der Waals surface area (Å²) in [5.74, 6) is -0.859. The second-order valence-electron chi connectivity index (χ2n) is 4.35. The number of anilines is 1. The van der Waals surface area contributed by atoms with Crippen LogP contribution in [0.3, 0.4) is 0 Å². The van der Waals surface area contributed by atoms with Gasteiger partial charge in [0.15, 0.2) is 5.75 Å². The molecule has 12 heteroatoms. The molecule has 130 valence electrons. The summed E-state index contributed by atoms with van der Waals surface area (Å²) >= 11 is 4.39. The zero-order chi connectivity index (χ0) is 17.9. The van der Waals surface area contributed by atoms with Gasteiger partial charge in [-0.05, 0) is 40.7 Å². The normalized spacial score (nSPS) is 12.3. The van der Waals surface area contributed by atoms with E-state index in [-0.39, 0.29) is 32.9 Å². The molecule has 1 atom stereocenters. The van der Waals surface area contributed by atoms with E-state index in [0.717, 1.165) is 6.07 Å². The molecule has 0 fully saturated rings. The fourth-order valence-electron chi connectivity index (χ4n) is 1.76. The van der Waals surface area contributed by atoms with Crippen LogP contribution in [-0.2, 0) is 18.2 Å². The highest BCUT2D eigenvalue weighted by molar-refractivity contribution is 7.91. The average molecular weight is 380 g/mol. The van der Waals surface area contributed by atoms with E-state index in [0.29, 0.717) is 0 Å². The molecule has 1 heterocycles. The number of halogens is 3. The summed E-state index contributed by atoms with van der Waals surface area (Å²) in [6, 6.07) is 2.31. The van der Waals surface area contributed by atoms with Gasteiger partial charge in [0, 0.05) is 7.05 Å². The second kappa shape index (κ2) is 7.73. The quantitative estimate of drug-likeness (QED) is 0.768. The fourth-order valence-corrected chi connectivity index (χ4v) is 3.20. The van der Waals surface area contributed by atoms with Crippen molar-refractivity contribution in [3.05, 3.63) is 22.7 Å². The smallest absolute Gasteiger partial charge is 0.387 e. The lowest BCUT2D eigenvalue weighted by atomic mass is 10.2. The molecule has 2 aromatic rings. The first-order chi connectivity index (χ1) is 11.3. The molecule has 24 heavy (non-hydrogen) atoms. The van der Waals surface area contributed by atoms with Crippen molar-refractivity contribution in [2.45, 2.75) is 18.4 Å². The van der Waals surface area contributed by atoms with Gasteiger partial charge >= 0.3 is 6.61 Å². The number of tetrazole rings is 1. The SMILES string of the molecule is CC[S+]([O-])c1c(OC(F)F)ccc(C(=O)Nc2nnnn2C)c1Cl. The van der Waals surface area contributed by atoms with Crippen molar-refractivity contribution in [1.82, 2.24) is 20.2 Å². The van der Waals surface area contributed by atoms with E-state index in [1.807, 2.05) is 0 Å². The van der Waals surface area contributed by atoms with Crippen molar-refractivity contribution < 1.29 is 22.9 Å². The van der Waals surface area contributed by atoms with Crippen LogP contribution < -0.4 is 10.1 Å². The highest BCUT2D eigenvalue weighted by atomic mass is 35.5. The number of rotatable bonds is 6. The molecular formula is C12H12ClF2N5O3S. The third-order valence-electron chi connectivity index (χ3n) is 2.86. The van der Waals surface area contributed by atoms with Crippen molar-refractivity contribution in [2.24, 2.45) is 7.05 Å². The maximum atomic E-state index is 12.5. The maximum Gasteiger partial charge on any atom is 0.387 e. The van der Waals surface area contributed by atoms with Crippen LogP contribution in [-0.4, -0.2) is 43.0 Å². The molecule has 1 N–H and O–H groups in total. The van der Waals surface area contributed by atoms with Crippen LogP contribution >= 0.6 is 11.6 Å². The van der Waals surface area contributed by atoms with Gasteiger partial charge in [0.05, 0.1) is 5.56 Å². The predicted molar refractivity (Wildman–Crippen MR) is 81.8 cm³/mol. The third-order valence-corrected chi connectivity index (χ3v) is 4.75. The van der Waals surface area contributed by atoms with Crippen molar-refractivity contribution in [2.75, 3.05) is 11.1 Å². The van der Waals surface area contributed by atoms with Crippen LogP contribution in [0.4, 0.5) is 14.7 Å². The first-order valence-electron chi connectivity index (χ1n) is 6.54. The molecule has 0 saturated carbocycles. The number of aryl methyl sites for hydroxylation is 1. The first kappa shape index (κ1) is 18.4. The summed E-state index contributed by atoms with van der Waals surface area (Å²) in [5.41, 5.74) is -0.0712. The van der Waals surface area contributed by atoms with Gasteiger partial charge in [-0.1, -0.05) is 16.7 Å². The summed E-state index contributed by atoms with van der Waals surface area (Å²) < 4.78 is 42.6. The topological polar surface area (TPSA) is 105 Å². The van der Waals surface area contributed by atoms with E-state index in [4.69, 9.17) is 11.6 Å². The Balaban J connectivity index is 2.40. The minimum absolute atomic E-state index is 0.0575. The molecule has 1 aromatic heterocycles. The van der Waals surface area contributed by atoms with E-state index in [1.165, 1.54) is 17.8 Å². The molecule has 0 aliphatic heterocycles. The van der Waals surface area contributed by atoms with E-state index in [2.05, 4.69) is 25.6 Å². The molecule has 1 aromatic carbocycles. The average Bonchev–Trinajstić information content (AvgIpc) is 2.91. The molecule has 0 saturated heterocycles. The van der Waals surface area contributed by atoms with Crippen LogP contribution in [0.1, 0.15) is 17.3 Å². The van der Waals surface area contributed by atoms with Crippen LogP contribution in [0.5, 0.6) is 5.75 Å². The lowest BCUT2D eigenvalue weighted by molar-refractivity contribution is -0.0517. The van der Waals surface area contributed by atoms with Gasteiger partial charge in [-0.3, -0.25) is 10.1 Å². The number of nitrogens with one attached hydrogen (secondary N) is 1. The number of carbonyl (C=O) groups excluding carboxylic acids is 1. The van der Waals surface area contributed by atoms with Gasteiger partial charge in [-0.15, -0.1) is 0 Å². The number of benzene rings is 1. The standard InChI is InChI=1S/C12H12ClF2N5O3S/c1-3-24(22)9-7(23-11(14)15)5-4-6(8(9)13)10(21)16-12-17-18-19-20(12)2/h4-5,11H,3H2,1-2H3,(H,16,17,19,21). The minimum atomic E-state index is -3.11. The van der Waals surface area contributed by atoms with Crippen LogP contribution in [0.15, 0.2) is 17.0 Å². The van der Waals surface area contributed by atoms with E-state index >= 15 is 0 Å². The number of alkyl halides is 2. The van der Waals surface area contributed by atoms with Crippen molar-refractivity contribution in [3.8, 4) is 5.75 Å². The molecule has 0 spiro atoms. The summed E-state index contributed by atoms with van der Waals surface area (Å²) in [6.07, 6.45) is 0. The number of hydrogen-bond donors (Lipinski definition) is 1. The number of amides is 1. The molecule has 2 rings (SSSR count). The van der Waals surface area contributed by atoms with Crippen LogP contribution in [0, 0.1) is 0 Å². The van der Waals surface area contributed by atoms with Crippen LogP contribution in [0.25, 0.3) is 0 Å². The summed E-state index contributed by atoms with van der Waals surface area (Å²) in [4.78, 5) is 12.1. The number of ether oxygens (including phenoxy) is 1. The Bertz CT molecular complexity index is 745. The Labute approximate surface area is 143 Å². The summed E-state index contributed by atoms with van der Waals surface area (Å²) in [6.45, 7) is -1.53. The Morgan fingerprint density at radius 2 is 2.25 bits per heavy atom. The molecule has 0 radical (unpaired) electrons. The van der Waals surface area contributed by atoms with E-state index < -0.39 is 23.7 Å². The van der Waals surface area contributed by atoms with Gasteiger partial charge in [-0.2, -0.15) is 8.78 Å². The third kappa shape index (κ3) is 3.91. The molecule has 0 aliphatic carbocycles. The maximum absolute atomic E-state index is 12.5. The highest BCUT2D eigenvalue weighted by Crippen LogP contribution is 2.36. The monoisotopic (exact) mass is 379 g/mol. The molecule has 0 bridgehead atoms. The Hall–Kier alpha value is -1.98. The summed E-state index contributed by atoms with van der Waals surface area (Å²) in [7, 11) is 1.51. The van der Waals surface area contributed by atoms with Gasteiger partial charge in [0.25, 0.3) is 5.91 Å².